The Balaban J connectivity index is 1.98. The minimum atomic E-state index is -0.539. The molecule has 0 aliphatic heterocycles. The van der Waals surface area contributed by atoms with Crippen LogP contribution in [0.25, 0.3) is 10.9 Å². The molecule has 0 aliphatic rings. The molecule has 23 heavy (non-hydrogen) atoms. The molecular formula is C14H14N6O3. The van der Waals surface area contributed by atoms with Crippen molar-refractivity contribution in [3.05, 3.63) is 56.9 Å². The van der Waals surface area contributed by atoms with Crippen LogP contribution >= 0.6 is 0 Å². The first-order valence-corrected chi connectivity index (χ1v) is 6.82. The summed E-state index contributed by atoms with van der Waals surface area (Å²) in [5.74, 6) is 0.524. The third-order valence-corrected chi connectivity index (χ3v) is 3.47. The van der Waals surface area contributed by atoms with Crippen LogP contribution in [0, 0.1) is 10.1 Å². The Kier molecular flexibility index (Phi) is 3.53. The van der Waals surface area contributed by atoms with E-state index in [1.165, 1.54) is 6.33 Å². The van der Waals surface area contributed by atoms with Gasteiger partial charge in [-0.3, -0.25) is 9.36 Å². The lowest BCUT2D eigenvalue weighted by molar-refractivity contribution is -0.388. The number of aromatic nitrogens is 4. The number of H-pyrrole nitrogens is 1. The Morgan fingerprint density at radius 2 is 2.13 bits per heavy atom. The van der Waals surface area contributed by atoms with Crippen molar-refractivity contribution in [2.24, 2.45) is 7.05 Å². The predicted molar refractivity (Wildman–Crippen MR) is 84.3 cm³/mol. The third kappa shape index (κ3) is 2.63. The molecule has 0 amide bonds. The summed E-state index contributed by atoms with van der Waals surface area (Å²) >= 11 is 0. The van der Waals surface area contributed by atoms with Crippen LogP contribution in [0.5, 0.6) is 0 Å². The summed E-state index contributed by atoms with van der Waals surface area (Å²) in [5, 5.41) is 11.6. The lowest BCUT2D eigenvalue weighted by Crippen LogP contribution is -2.23. The molecule has 9 heteroatoms. The van der Waals surface area contributed by atoms with Gasteiger partial charge in [-0.05, 0) is 22.0 Å². The molecule has 2 aromatic heterocycles. The first-order chi connectivity index (χ1) is 11.0. The van der Waals surface area contributed by atoms with E-state index >= 15 is 0 Å². The van der Waals surface area contributed by atoms with Gasteiger partial charge in [0, 0.05) is 14.1 Å². The quantitative estimate of drug-likeness (QED) is 0.572. The minimum Gasteiger partial charge on any atom is -0.358 e. The molecule has 9 nitrogen and oxygen atoms in total. The van der Waals surface area contributed by atoms with Gasteiger partial charge in [0.05, 0.1) is 17.4 Å². The molecule has 0 atom stereocenters. The summed E-state index contributed by atoms with van der Waals surface area (Å²) in [7, 11) is 3.35. The molecule has 0 unspecified atom stereocenters. The number of hydrogen-bond donors (Lipinski definition) is 1. The minimum absolute atomic E-state index is 0.209. The fraction of sp³-hybridized carbons (Fsp3) is 0.214. The number of para-hydroxylation sites is 1. The molecule has 0 saturated heterocycles. The Hall–Kier alpha value is -3.23. The number of anilines is 1. The molecule has 0 radical (unpaired) electrons. The number of benzene rings is 1. The van der Waals surface area contributed by atoms with Crippen LogP contribution in [0.1, 0.15) is 5.82 Å². The maximum absolute atomic E-state index is 12.1. The number of fused-ring (bicyclic) bond motifs is 1. The Morgan fingerprint density at radius 1 is 1.39 bits per heavy atom. The molecule has 2 heterocycles. The van der Waals surface area contributed by atoms with Gasteiger partial charge in [-0.25, -0.2) is 4.98 Å². The molecule has 0 fully saturated rings. The molecule has 0 saturated carbocycles. The number of aromatic amines is 1. The summed E-state index contributed by atoms with van der Waals surface area (Å²) in [6, 6.07) is 7.01. The van der Waals surface area contributed by atoms with Gasteiger partial charge >= 0.3 is 5.82 Å². The van der Waals surface area contributed by atoms with E-state index < -0.39 is 4.92 Å². The summed E-state index contributed by atoms with van der Waals surface area (Å²) < 4.78 is 1.55. The Bertz CT molecular complexity index is 945. The topological polar surface area (TPSA) is 110 Å². The fourth-order valence-corrected chi connectivity index (χ4v) is 2.49. The zero-order valence-electron chi connectivity index (χ0n) is 12.6. The highest BCUT2D eigenvalue weighted by molar-refractivity contribution is 5.77. The van der Waals surface area contributed by atoms with Gasteiger partial charge in [0.25, 0.3) is 5.56 Å². The van der Waals surface area contributed by atoms with Crippen LogP contribution in [0.2, 0.25) is 0 Å². The van der Waals surface area contributed by atoms with Crippen LogP contribution in [0.15, 0.2) is 35.4 Å². The summed E-state index contributed by atoms with van der Waals surface area (Å²) in [5.41, 5.74) is 0.345. The summed E-state index contributed by atoms with van der Waals surface area (Å²) in [4.78, 5) is 35.1. The number of nitrogens with one attached hydrogen (secondary N) is 1. The highest BCUT2D eigenvalue weighted by Crippen LogP contribution is 2.25. The van der Waals surface area contributed by atoms with Crippen molar-refractivity contribution >= 4 is 22.5 Å². The monoisotopic (exact) mass is 314 g/mol. The van der Waals surface area contributed by atoms with Crippen molar-refractivity contribution in [2.45, 2.75) is 6.54 Å². The molecule has 0 aliphatic carbocycles. The van der Waals surface area contributed by atoms with Crippen molar-refractivity contribution in [2.75, 3.05) is 11.9 Å². The smallest absolute Gasteiger partial charge is 0.358 e. The maximum Gasteiger partial charge on any atom is 0.406 e. The number of nitro groups is 1. The lowest BCUT2D eigenvalue weighted by Gasteiger charge is -2.17. The fourth-order valence-electron chi connectivity index (χ4n) is 2.49. The van der Waals surface area contributed by atoms with E-state index in [1.807, 2.05) is 0 Å². The van der Waals surface area contributed by atoms with E-state index in [2.05, 4.69) is 15.0 Å². The van der Waals surface area contributed by atoms with Gasteiger partial charge in [0.1, 0.15) is 5.82 Å². The van der Waals surface area contributed by atoms with E-state index in [0.717, 1.165) is 0 Å². The maximum atomic E-state index is 12.1. The SMILES string of the molecule is CN(Cc1nc2ccccc2c(=O)[nH]1)c1c([N+](=O)[O-])ncn1C. The lowest BCUT2D eigenvalue weighted by atomic mass is 10.2. The second-order valence-corrected chi connectivity index (χ2v) is 5.15. The van der Waals surface area contributed by atoms with E-state index in [1.54, 1.807) is 47.8 Å². The molecular weight excluding hydrogens is 300 g/mol. The van der Waals surface area contributed by atoms with Crippen LogP contribution in [0.3, 0.4) is 0 Å². The first-order valence-electron chi connectivity index (χ1n) is 6.82. The number of aryl methyl sites for hydroxylation is 1. The zero-order chi connectivity index (χ0) is 16.6. The molecule has 118 valence electrons. The normalized spacial score (nSPS) is 10.9. The molecule has 3 rings (SSSR count). The number of imidazole rings is 1. The number of nitrogens with zero attached hydrogens (tertiary/aromatic N) is 5. The van der Waals surface area contributed by atoms with E-state index in [4.69, 9.17) is 0 Å². The standard InChI is InChI=1S/C14H14N6O3/c1-18(14-12(20(22)23)15-8-19(14)2)7-11-16-10-6-4-3-5-9(10)13(21)17-11/h3-6,8H,7H2,1-2H3,(H,16,17,21). The highest BCUT2D eigenvalue weighted by atomic mass is 16.6. The molecule has 0 spiro atoms. The van der Waals surface area contributed by atoms with E-state index in [0.29, 0.717) is 22.5 Å². The zero-order valence-corrected chi connectivity index (χ0v) is 12.6. The predicted octanol–water partition coefficient (Wildman–Crippen LogP) is 1.20. The van der Waals surface area contributed by atoms with E-state index in [9.17, 15) is 14.9 Å². The van der Waals surface area contributed by atoms with Crippen LogP contribution in [0.4, 0.5) is 11.6 Å². The van der Waals surface area contributed by atoms with Crippen molar-refractivity contribution in [1.82, 2.24) is 19.5 Å². The molecule has 1 N–H and O–H groups in total. The van der Waals surface area contributed by atoms with Gasteiger partial charge < -0.3 is 20.0 Å². The summed E-state index contributed by atoms with van der Waals surface area (Å²) in [6.45, 7) is 0.209. The van der Waals surface area contributed by atoms with Crippen molar-refractivity contribution < 1.29 is 4.92 Å². The van der Waals surface area contributed by atoms with Gasteiger partial charge in [0.15, 0.2) is 0 Å². The average molecular weight is 314 g/mol. The van der Waals surface area contributed by atoms with Crippen LogP contribution in [-0.4, -0.2) is 31.5 Å². The van der Waals surface area contributed by atoms with Crippen LogP contribution in [-0.2, 0) is 13.6 Å². The molecule has 0 bridgehead atoms. The summed E-state index contributed by atoms with van der Waals surface area (Å²) in [6.07, 6.45) is 1.38. The van der Waals surface area contributed by atoms with Gasteiger partial charge in [-0.1, -0.05) is 12.1 Å². The number of hydrogen-bond acceptors (Lipinski definition) is 6. The third-order valence-electron chi connectivity index (χ3n) is 3.47. The van der Waals surface area contributed by atoms with Gasteiger partial charge in [-0.15, -0.1) is 0 Å². The van der Waals surface area contributed by atoms with Crippen molar-refractivity contribution in [3.63, 3.8) is 0 Å². The van der Waals surface area contributed by atoms with Gasteiger partial charge in [-0.2, -0.15) is 0 Å². The Morgan fingerprint density at radius 3 is 2.87 bits per heavy atom. The van der Waals surface area contributed by atoms with Crippen molar-refractivity contribution in [3.8, 4) is 0 Å². The second kappa shape index (κ2) is 5.52. The molecule has 1 aromatic carbocycles. The average Bonchev–Trinajstić information content (AvgIpc) is 2.89. The second-order valence-electron chi connectivity index (χ2n) is 5.15. The molecule has 3 aromatic rings. The van der Waals surface area contributed by atoms with Crippen molar-refractivity contribution in [1.29, 1.82) is 0 Å². The highest BCUT2D eigenvalue weighted by Gasteiger charge is 2.24. The Labute approximate surface area is 130 Å². The first kappa shape index (κ1) is 14.7. The number of rotatable bonds is 4. The van der Waals surface area contributed by atoms with Crippen LogP contribution < -0.4 is 10.5 Å². The largest absolute Gasteiger partial charge is 0.406 e. The van der Waals surface area contributed by atoms with Gasteiger partial charge in [0.2, 0.25) is 12.1 Å². The van der Waals surface area contributed by atoms with E-state index in [-0.39, 0.29) is 17.9 Å².